The van der Waals surface area contributed by atoms with Crippen molar-refractivity contribution in [2.24, 2.45) is 0 Å². The van der Waals surface area contributed by atoms with Crippen molar-refractivity contribution >= 4 is 17.3 Å². The van der Waals surface area contributed by atoms with Gasteiger partial charge in [-0.2, -0.15) is 0 Å². The average Bonchev–Trinajstić information content (AvgIpc) is 3.14. The van der Waals surface area contributed by atoms with E-state index in [9.17, 15) is 0 Å². The second-order valence-electron chi connectivity index (χ2n) is 6.09. The summed E-state index contributed by atoms with van der Waals surface area (Å²) in [7, 11) is 2.00. The first-order valence-corrected chi connectivity index (χ1v) is 8.46. The summed E-state index contributed by atoms with van der Waals surface area (Å²) in [6.07, 6.45) is 0. The number of fused-ring (bicyclic) bond motifs is 1. The second kappa shape index (κ2) is 6.92. The quantitative estimate of drug-likeness (QED) is 0.755. The lowest BCUT2D eigenvalue weighted by Crippen LogP contribution is -2.13. The van der Waals surface area contributed by atoms with Gasteiger partial charge in [0.25, 0.3) is 0 Å². The van der Waals surface area contributed by atoms with E-state index in [1.165, 1.54) is 0 Å². The van der Waals surface area contributed by atoms with E-state index in [0.717, 1.165) is 40.2 Å². The summed E-state index contributed by atoms with van der Waals surface area (Å²) < 4.78 is 10.8. The van der Waals surface area contributed by atoms with Crippen molar-refractivity contribution in [3.63, 3.8) is 0 Å². The molecule has 0 aliphatic carbocycles. The molecule has 0 fully saturated rings. The Bertz CT molecular complexity index is 915. The van der Waals surface area contributed by atoms with Crippen LogP contribution in [0, 0.1) is 6.92 Å². The summed E-state index contributed by atoms with van der Waals surface area (Å²) in [5.74, 6) is 3.93. The molecule has 6 nitrogen and oxygen atoms in total. The van der Waals surface area contributed by atoms with Crippen molar-refractivity contribution in [2.45, 2.75) is 13.5 Å². The molecule has 0 unspecified atom stereocenters. The fraction of sp³-hybridized carbons (Fsp3) is 0.200. The Morgan fingerprint density at radius 1 is 1.00 bits per heavy atom. The fourth-order valence-electron chi connectivity index (χ4n) is 2.84. The summed E-state index contributed by atoms with van der Waals surface area (Å²) in [6.45, 7) is 2.82. The van der Waals surface area contributed by atoms with Gasteiger partial charge in [-0.05, 0) is 36.8 Å². The molecule has 0 saturated carbocycles. The number of hydrogen-bond donors (Lipinski definition) is 1. The van der Waals surface area contributed by atoms with Crippen LogP contribution in [0.4, 0.5) is 17.3 Å². The number of aryl methyl sites for hydroxylation is 1. The number of para-hydroxylation sites is 1. The maximum absolute atomic E-state index is 5.43. The third kappa shape index (κ3) is 3.39. The highest BCUT2D eigenvalue weighted by Gasteiger charge is 2.13. The largest absolute Gasteiger partial charge is 0.454 e. The predicted octanol–water partition coefficient (Wildman–Crippen LogP) is 3.89. The van der Waals surface area contributed by atoms with Gasteiger partial charge < -0.3 is 19.7 Å². The minimum Gasteiger partial charge on any atom is -0.454 e. The maximum Gasteiger partial charge on any atom is 0.231 e. The Hall–Kier alpha value is -3.28. The topological polar surface area (TPSA) is 59.5 Å². The molecule has 1 N–H and O–H groups in total. The van der Waals surface area contributed by atoms with Crippen LogP contribution in [0.15, 0.2) is 54.6 Å². The number of anilines is 3. The van der Waals surface area contributed by atoms with Crippen molar-refractivity contribution in [2.75, 3.05) is 24.1 Å². The van der Waals surface area contributed by atoms with Gasteiger partial charge in [-0.3, -0.25) is 0 Å². The fourth-order valence-corrected chi connectivity index (χ4v) is 2.84. The Morgan fingerprint density at radius 3 is 2.65 bits per heavy atom. The molecular weight excluding hydrogens is 328 g/mol. The lowest BCUT2D eigenvalue weighted by Gasteiger charge is -2.19. The van der Waals surface area contributed by atoms with Gasteiger partial charge in [0.05, 0.1) is 0 Å². The maximum atomic E-state index is 5.43. The summed E-state index contributed by atoms with van der Waals surface area (Å²) in [6, 6.07) is 18.0. The molecule has 2 heterocycles. The molecule has 26 heavy (non-hydrogen) atoms. The SMILES string of the molecule is Cc1nc(NCc2ccc3c(c2)OCO3)cc(N(C)c2ccccc2)n1. The minimum atomic E-state index is 0.284. The molecule has 2 aromatic carbocycles. The van der Waals surface area contributed by atoms with Crippen molar-refractivity contribution in [3.05, 3.63) is 66.0 Å². The van der Waals surface area contributed by atoms with E-state index in [4.69, 9.17) is 9.47 Å². The molecular formula is C20H20N4O2. The van der Waals surface area contributed by atoms with Crippen LogP contribution >= 0.6 is 0 Å². The average molecular weight is 348 g/mol. The van der Waals surface area contributed by atoms with E-state index < -0.39 is 0 Å². The molecule has 0 amide bonds. The summed E-state index contributed by atoms with van der Waals surface area (Å²) in [5.41, 5.74) is 2.18. The number of benzene rings is 2. The van der Waals surface area contributed by atoms with Crippen molar-refractivity contribution in [1.82, 2.24) is 9.97 Å². The first-order valence-electron chi connectivity index (χ1n) is 8.46. The smallest absolute Gasteiger partial charge is 0.231 e. The van der Waals surface area contributed by atoms with Crippen molar-refractivity contribution in [1.29, 1.82) is 0 Å². The van der Waals surface area contributed by atoms with Gasteiger partial charge in [-0.15, -0.1) is 0 Å². The van der Waals surface area contributed by atoms with Gasteiger partial charge in [0.1, 0.15) is 17.5 Å². The van der Waals surface area contributed by atoms with E-state index in [0.29, 0.717) is 6.54 Å². The highest BCUT2D eigenvalue weighted by molar-refractivity contribution is 5.61. The summed E-state index contributed by atoms with van der Waals surface area (Å²) in [5, 5.41) is 3.37. The Balaban J connectivity index is 1.51. The van der Waals surface area contributed by atoms with Gasteiger partial charge in [-0.25, -0.2) is 9.97 Å². The van der Waals surface area contributed by atoms with E-state index in [1.54, 1.807) is 0 Å². The van der Waals surface area contributed by atoms with Crippen LogP contribution in [0.5, 0.6) is 11.5 Å². The zero-order valence-corrected chi connectivity index (χ0v) is 14.8. The first kappa shape index (κ1) is 16.2. The van der Waals surface area contributed by atoms with Gasteiger partial charge >= 0.3 is 0 Å². The second-order valence-corrected chi connectivity index (χ2v) is 6.09. The number of nitrogens with one attached hydrogen (secondary N) is 1. The number of hydrogen-bond acceptors (Lipinski definition) is 6. The summed E-state index contributed by atoms with van der Waals surface area (Å²) in [4.78, 5) is 11.1. The lowest BCUT2D eigenvalue weighted by atomic mass is 10.2. The number of aromatic nitrogens is 2. The molecule has 0 radical (unpaired) electrons. The Labute approximate surface area is 152 Å². The standard InChI is InChI=1S/C20H20N4O2/c1-14-22-19(11-20(23-14)24(2)16-6-4-3-5-7-16)21-12-15-8-9-17-18(10-15)26-13-25-17/h3-11H,12-13H2,1-2H3,(H,21,22,23). The van der Waals surface area contributed by atoms with Crippen LogP contribution in [0.3, 0.4) is 0 Å². The Morgan fingerprint density at radius 2 is 1.81 bits per heavy atom. The molecule has 1 aliphatic rings. The number of ether oxygens (including phenoxy) is 2. The van der Waals surface area contributed by atoms with Crippen molar-refractivity contribution < 1.29 is 9.47 Å². The van der Waals surface area contributed by atoms with E-state index in [1.807, 2.05) is 61.3 Å². The molecule has 0 spiro atoms. The predicted molar refractivity (Wildman–Crippen MR) is 101 cm³/mol. The number of nitrogens with zero attached hydrogens (tertiary/aromatic N) is 3. The monoisotopic (exact) mass is 348 g/mol. The van der Waals surface area contributed by atoms with Gasteiger partial charge in [0.2, 0.25) is 6.79 Å². The van der Waals surface area contributed by atoms with Gasteiger partial charge in [0, 0.05) is 25.3 Å². The minimum absolute atomic E-state index is 0.284. The third-order valence-electron chi connectivity index (χ3n) is 4.22. The van der Waals surface area contributed by atoms with Crippen molar-refractivity contribution in [3.8, 4) is 11.5 Å². The molecule has 4 rings (SSSR count). The van der Waals surface area contributed by atoms with E-state index >= 15 is 0 Å². The molecule has 3 aromatic rings. The van der Waals surface area contributed by atoms with Crippen LogP contribution < -0.4 is 19.7 Å². The molecule has 1 aromatic heterocycles. The van der Waals surface area contributed by atoms with Crippen LogP contribution in [0.25, 0.3) is 0 Å². The van der Waals surface area contributed by atoms with Crippen LogP contribution in [0.1, 0.15) is 11.4 Å². The van der Waals surface area contributed by atoms with Crippen LogP contribution in [0.2, 0.25) is 0 Å². The van der Waals surface area contributed by atoms with Gasteiger partial charge in [0.15, 0.2) is 11.5 Å². The zero-order valence-electron chi connectivity index (χ0n) is 14.8. The molecule has 6 heteroatoms. The normalized spacial score (nSPS) is 12.1. The highest BCUT2D eigenvalue weighted by Crippen LogP contribution is 2.32. The molecule has 0 saturated heterocycles. The van der Waals surface area contributed by atoms with E-state index in [-0.39, 0.29) is 6.79 Å². The number of rotatable bonds is 5. The molecule has 1 aliphatic heterocycles. The van der Waals surface area contributed by atoms with Crippen LogP contribution in [-0.4, -0.2) is 23.8 Å². The zero-order chi connectivity index (χ0) is 17.9. The molecule has 132 valence electrons. The Kier molecular flexibility index (Phi) is 4.31. The molecule has 0 atom stereocenters. The first-order chi connectivity index (χ1) is 12.7. The van der Waals surface area contributed by atoms with Gasteiger partial charge in [-0.1, -0.05) is 24.3 Å². The van der Waals surface area contributed by atoms with E-state index in [2.05, 4.69) is 27.4 Å². The molecule has 0 bridgehead atoms. The lowest BCUT2D eigenvalue weighted by molar-refractivity contribution is 0.174. The summed E-state index contributed by atoms with van der Waals surface area (Å²) >= 11 is 0. The highest BCUT2D eigenvalue weighted by atomic mass is 16.7. The third-order valence-corrected chi connectivity index (χ3v) is 4.22. The van der Waals surface area contributed by atoms with Crippen LogP contribution in [-0.2, 0) is 6.54 Å².